The molecule has 0 saturated carbocycles. The number of aromatic nitrogens is 4. The van der Waals surface area contributed by atoms with E-state index >= 15 is 0 Å². The third-order valence-electron chi connectivity index (χ3n) is 4.66. The highest BCUT2D eigenvalue weighted by molar-refractivity contribution is 7.98. The predicted molar refractivity (Wildman–Crippen MR) is 116 cm³/mol. The van der Waals surface area contributed by atoms with E-state index in [0.29, 0.717) is 5.56 Å². The largest absolute Gasteiger partial charge is 0.331 e. The van der Waals surface area contributed by atoms with E-state index in [1.165, 1.54) is 0 Å². The summed E-state index contributed by atoms with van der Waals surface area (Å²) in [6.45, 7) is 2.74. The van der Waals surface area contributed by atoms with Gasteiger partial charge in [-0.1, -0.05) is 30.0 Å². The van der Waals surface area contributed by atoms with Crippen LogP contribution in [0.25, 0.3) is 5.69 Å². The molecule has 146 valence electrons. The second-order valence-electron chi connectivity index (χ2n) is 6.59. The number of benzene rings is 2. The first-order valence-corrected chi connectivity index (χ1v) is 10.4. The standard InChI is InChI=1S/C22H21N5OS/c1-16-23-10-12-26(16)15-17-6-8-19(9-7-17)25-21(28)18-4-3-5-20(14-18)27-13-11-24-22(27)29-2/h3-14H,15H2,1-2H3,(H,25,28). The van der Waals surface area contributed by atoms with Crippen LogP contribution in [0, 0.1) is 6.92 Å². The van der Waals surface area contributed by atoms with Crippen molar-refractivity contribution in [2.75, 3.05) is 11.6 Å². The normalized spacial score (nSPS) is 10.8. The Bertz CT molecular complexity index is 1130. The Labute approximate surface area is 173 Å². The van der Waals surface area contributed by atoms with E-state index < -0.39 is 0 Å². The SMILES string of the molecule is CSc1nccn1-c1cccc(C(=O)Nc2ccc(Cn3ccnc3C)cc2)c1. The van der Waals surface area contributed by atoms with Crippen molar-refractivity contribution < 1.29 is 4.79 Å². The summed E-state index contributed by atoms with van der Waals surface area (Å²) in [5.74, 6) is 0.834. The molecule has 0 aliphatic carbocycles. The van der Waals surface area contributed by atoms with Crippen molar-refractivity contribution >= 4 is 23.4 Å². The highest BCUT2D eigenvalue weighted by atomic mass is 32.2. The fourth-order valence-corrected chi connectivity index (χ4v) is 3.63. The van der Waals surface area contributed by atoms with Crippen LogP contribution in [0.15, 0.2) is 78.5 Å². The monoisotopic (exact) mass is 403 g/mol. The summed E-state index contributed by atoms with van der Waals surface area (Å²) in [6.07, 6.45) is 9.38. The van der Waals surface area contributed by atoms with Crippen molar-refractivity contribution in [2.24, 2.45) is 0 Å². The number of hydrogen-bond acceptors (Lipinski definition) is 4. The molecule has 7 heteroatoms. The molecule has 0 aliphatic rings. The predicted octanol–water partition coefficient (Wildman–Crippen LogP) is 4.40. The molecular weight excluding hydrogens is 382 g/mol. The summed E-state index contributed by atoms with van der Waals surface area (Å²) in [5.41, 5.74) is 3.42. The molecule has 0 atom stereocenters. The van der Waals surface area contributed by atoms with Gasteiger partial charge in [-0.25, -0.2) is 9.97 Å². The van der Waals surface area contributed by atoms with Gasteiger partial charge in [-0.3, -0.25) is 9.36 Å². The van der Waals surface area contributed by atoms with E-state index in [9.17, 15) is 4.79 Å². The lowest BCUT2D eigenvalue weighted by molar-refractivity contribution is 0.102. The molecule has 0 saturated heterocycles. The lowest BCUT2D eigenvalue weighted by Crippen LogP contribution is -2.12. The summed E-state index contributed by atoms with van der Waals surface area (Å²) >= 11 is 1.56. The van der Waals surface area contributed by atoms with Gasteiger partial charge in [0.25, 0.3) is 5.91 Å². The first-order valence-electron chi connectivity index (χ1n) is 9.20. The highest BCUT2D eigenvalue weighted by Crippen LogP contribution is 2.20. The van der Waals surface area contributed by atoms with Gasteiger partial charge in [0.05, 0.1) is 0 Å². The van der Waals surface area contributed by atoms with Crippen molar-refractivity contribution in [3.8, 4) is 5.69 Å². The van der Waals surface area contributed by atoms with Crippen LogP contribution >= 0.6 is 11.8 Å². The topological polar surface area (TPSA) is 64.7 Å². The Balaban J connectivity index is 1.47. The smallest absolute Gasteiger partial charge is 0.255 e. The molecule has 0 aliphatic heterocycles. The zero-order valence-electron chi connectivity index (χ0n) is 16.2. The molecule has 2 aromatic carbocycles. The minimum Gasteiger partial charge on any atom is -0.331 e. The molecule has 0 fully saturated rings. The van der Waals surface area contributed by atoms with Gasteiger partial charge in [-0.2, -0.15) is 0 Å². The van der Waals surface area contributed by atoms with Crippen molar-refractivity contribution in [1.29, 1.82) is 0 Å². The van der Waals surface area contributed by atoms with Crippen molar-refractivity contribution in [1.82, 2.24) is 19.1 Å². The zero-order chi connectivity index (χ0) is 20.2. The van der Waals surface area contributed by atoms with Crippen LogP contribution in [0.5, 0.6) is 0 Å². The molecule has 0 unspecified atom stereocenters. The summed E-state index contributed by atoms with van der Waals surface area (Å²) in [4.78, 5) is 21.3. The molecule has 4 aromatic rings. The lowest BCUT2D eigenvalue weighted by Gasteiger charge is -2.10. The second-order valence-corrected chi connectivity index (χ2v) is 7.36. The average Bonchev–Trinajstić information content (AvgIpc) is 3.38. The lowest BCUT2D eigenvalue weighted by atomic mass is 10.1. The Hall–Kier alpha value is -3.32. The number of carbonyl (C=O) groups is 1. The van der Waals surface area contributed by atoms with Crippen molar-refractivity contribution in [3.05, 3.63) is 90.3 Å². The van der Waals surface area contributed by atoms with Gasteiger partial charge in [0.2, 0.25) is 0 Å². The second kappa shape index (κ2) is 8.36. The Morgan fingerprint density at radius 3 is 2.59 bits per heavy atom. The van der Waals surface area contributed by atoms with Gasteiger partial charge >= 0.3 is 0 Å². The Kier molecular flexibility index (Phi) is 5.48. The van der Waals surface area contributed by atoms with Crippen LogP contribution in [0.2, 0.25) is 0 Å². The van der Waals surface area contributed by atoms with Gasteiger partial charge in [-0.15, -0.1) is 0 Å². The van der Waals surface area contributed by atoms with E-state index in [0.717, 1.165) is 34.5 Å². The van der Waals surface area contributed by atoms with Gasteiger partial charge in [0.1, 0.15) is 5.82 Å². The number of carbonyl (C=O) groups excluding carboxylic acids is 1. The summed E-state index contributed by atoms with van der Waals surface area (Å²) in [5, 5.41) is 3.85. The quantitative estimate of drug-likeness (QED) is 0.485. The van der Waals surface area contributed by atoms with Crippen molar-refractivity contribution in [2.45, 2.75) is 18.6 Å². The van der Waals surface area contributed by atoms with Crippen LogP contribution in [-0.2, 0) is 6.54 Å². The minimum atomic E-state index is -0.143. The number of amides is 1. The number of thioether (sulfide) groups is 1. The Morgan fingerprint density at radius 2 is 1.86 bits per heavy atom. The number of aryl methyl sites for hydroxylation is 1. The third kappa shape index (κ3) is 4.25. The first kappa shape index (κ1) is 19.0. The molecular formula is C22H21N5OS. The van der Waals surface area contributed by atoms with Crippen LogP contribution in [-0.4, -0.2) is 31.3 Å². The number of nitrogens with zero attached hydrogens (tertiary/aromatic N) is 4. The molecule has 2 aromatic heterocycles. The molecule has 1 amide bonds. The molecule has 0 bridgehead atoms. The van der Waals surface area contributed by atoms with Gasteiger partial charge in [0.15, 0.2) is 5.16 Å². The molecule has 0 spiro atoms. The van der Waals surface area contributed by atoms with Crippen molar-refractivity contribution in [3.63, 3.8) is 0 Å². The molecule has 29 heavy (non-hydrogen) atoms. The molecule has 4 rings (SSSR count). The number of hydrogen-bond donors (Lipinski definition) is 1. The summed E-state index contributed by atoms with van der Waals surface area (Å²) < 4.78 is 4.05. The van der Waals surface area contributed by atoms with E-state index in [2.05, 4.69) is 19.9 Å². The maximum atomic E-state index is 12.7. The van der Waals surface area contributed by atoms with E-state index in [1.807, 2.05) is 78.7 Å². The molecule has 2 heterocycles. The molecule has 0 radical (unpaired) electrons. The fourth-order valence-electron chi connectivity index (χ4n) is 3.10. The van der Waals surface area contributed by atoms with Gasteiger partial charge in [0, 0.05) is 48.3 Å². The van der Waals surface area contributed by atoms with Crippen LogP contribution in [0.4, 0.5) is 5.69 Å². The van der Waals surface area contributed by atoms with E-state index in [1.54, 1.807) is 24.2 Å². The fraction of sp³-hybridized carbons (Fsp3) is 0.136. The molecule has 1 N–H and O–H groups in total. The van der Waals surface area contributed by atoms with E-state index in [4.69, 9.17) is 0 Å². The van der Waals surface area contributed by atoms with Crippen LogP contribution in [0.3, 0.4) is 0 Å². The average molecular weight is 404 g/mol. The van der Waals surface area contributed by atoms with Crippen LogP contribution in [0.1, 0.15) is 21.7 Å². The Morgan fingerprint density at radius 1 is 1.07 bits per heavy atom. The van der Waals surface area contributed by atoms with E-state index in [-0.39, 0.29) is 5.91 Å². The highest BCUT2D eigenvalue weighted by Gasteiger charge is 2.10. The molecule has 6 nitrogen and oxygen atoms in total. The number of imidazole rings is 2. The maximum absolute atomic E-state index is 12.7. The van der Waals surface area contributed by atoms with Gasteiger partial charge < -0.3 is 9.88 Å². The van der Waals surface area contributed by atoms with Crippen LogP contribution < -0.4 is 5.32 Å². The van der Waals surface area contributed by atoms with Gasteiger partial charge in [-0.05, 0) is 49.1 Å². The number of anilines is 1. The number of nitrogens with one attached hydrogen (secondary N) is 1. The minimum absolute atomic E-state index is 0.143. The number of rotatable bonds is 6. The summed E-state index contributed by atoms with van der Waals surface area (Å²) in [6, 6.07) is 15.4. The maximum Gasteiger partial charge on any atom is 0.255 e. The third-order valence-corrected chi connectivity index (χ3v) is 5.33. The zero-order valence-corrected chi connectivity index (χ0v) is 17.1. The first-order chi connectivity index (χ1) is 14.1. The summed E-state index contributed by atoms with van der Waals surface area (Å²) in [7, 11) is 0.